The Labute approximate surface area is 157 Å². The Morgan fingerprint density at radius 2 is 1.96 bits per heavy atom. The molecule has 1 aromatic carbocycles. The van der Waals surface area contributed by atoms with E-state index in [0.717, 1.165) is 42.4 Å². The molecule has 0 spiro atoms. The van der Waals surface area contributed by atoms with Gasteiger partial charge in [0.2, 0.25) is 5.89 Å². The number of benzene rings is 1. The molecule has 3 aromatic rings. The highest BCUT2D eigenvalue weighted by atomic mass is 16.4. The van der Waals surface area contributed by atoms with Crippen molar-refractivity contribution in [2.24, 2.45) is 5.92 Å². The molecule has 0 atom stereocenters. The minimum atomic E-state index is 0.123. The summed E-state index contributed by atoms with van der Waals surface area (Å²) in [5, 5.41) is 20.8. The molecule has 0 bridgehead atoms. The van der Waals surface area contributed by atoms with Crippen molar-refractivity contribution < 1.29 is 9.21 Å². The summed E-state index contributed by atoms with van der Waals surface area (Å²) in [6.07, 6.45) is 2.12. The molecule has 3 heterocycles. The van der Waals surface area contributed by atoms with E-state index in [0.29, 0.717) is 24.0 Å². The number of fused-ring (bicyclic) bond motifs is 1. The second-order valence-corrected chi connectivity index (χ2v) is 7.06. The number of carbonyl (C=O) groups is 1. The third-order valence-corrected chi connectivity index (χ3v) is 4.83. The third-order valence-electron chi connectivity index (χ3n) is 4.83. The van der Waals surface area contributed by atoms with Crippen LogP contribution < -0.4 is 10.2 Å². The van der Waals surface area contributed by atoms with Gasteiger partial charge in [-0.25, -0.2) is 0 Å². The van der Waals surface area contributed by atoms with Crippen molar-refractivity contribution >= 4 is 22.7 Å². The molecule has 0 radical (unpaired) electrons. The van der Waals surface area contributed by atoms with Gasteiger partial charge >= 0.3 is 6.01 Å². The highest BCUT2D eigenvalue weighted by Crippen LogP contribution is 2.25. The molecule has 1 aliphatic rings. The fourth-order valence-electron chi connectivity index (χ4n) is 3.29. The number of anilines is 1. The maximum atomic E-state index is 12.5. The number of hydrogen-bond acceptors (Lipinski definition) is 8. The first-order valence-corrected chi connectivity index (χ1v) is 9.11. The van der Waals surface area contributed by atoms with Crippen LogP contribution in [-0.4, -0.2) is 53.4 Å². The number of aromatic nitrogens is 4. The molecule has 0 saturated carbocycles. The van der Waals surface area contributed by atoms with E-state index in [-0.39, 0.29) is 11.7 Å². The molecule has 0 aliphatic carbocycles. The molecule has 0 unspecified atom stereocenters. The van der Waals surface area contributed by atoms with Gasteiger partial charge in [0.15, 0.2) is 0 Å². The first-order chi connectivity index (χ1) is 13.1. The normalized spacial score (nSPS) is 15.2. The molecule has 1 fully saturated rings. The summed E-state index contributed by atoms with van der Waals surface area (Å²) in [5.74, 6) is 0.816. The second kappa shape index (κ2) is 7.40. The maximum Gasteiger partial charge on any atom is 0.317 e. The molecule has 1 aliphatic heterocycles. The van der Waals surface area contributed by atoms with Crippen molar-refractivity contribution in [2.75, 3.05) is 32.1 Å². The lowest BCUT2D eigenvalue weighted by molar-refractivity contribution is -0.123. The number of piperidine rings is 1. The largest absolute Gasteiger partial charge is 0.403 e. The second-order valence-electron chi connectivity index (χ2n) is 7.06. The lowest BCUT2D eigenvalue weighted by Gasteiger charge is -2.21. The minimum absolute atomic E-state index is 0.123. The van der Waals surface area contributed by atoms with Crippen LogP contribution in [-0.2, 0) is 11.2 Å². The van der Waals surface area contributed by atoms with E-state index in [1.807, 2.05) is 38.4 Å². The Morgan fingerprint density at radius 1 is 1.15 bits per heavy atom. The summed E-state index contributed by atoms with van der Waals surface area (Å²) < 4.78 is 5.66. The van der Waals surface area contributed by atoms with E-state index in [9.17, 15) is 4.79 Å². The van der Waals surface area contributed by atoms with Crippen LogP contribution in [0, 0.1) is 5.92 Å². The van der Waals surface area contributed by atoms with Crippen LogP contribution >= 0.6 is 0 Å². The van der Waals surface area contributed by atoms with Crippen molar-refractivity contribution in [1.29, 1.82) is 0 Å². The van der Waals surface area contributed by atoms with Crippen LogP contribution in [0.25, 0.3) is 22.4 Å². The monoisotopic (exact) mass is 366 g/mol. The average Bonchev–Trinajstić information content (AvgIpc) is 3.19. The van der Waals surface area contributed by atoms with Gasteiger partial charge in [0.1, 0.15) is 5.78 Å². The van der Waals surface area contributed by atoms with Crippen molar-refractivity contribution in [3.63, 3.8) is 0 Å². The summed E-state index contributed by atoms with van der Waals surface area (Å²) >= 11 is 0. The third kappa shape index (κ3) is 3.80. The topological polar surface area (TPSA) is 97.0 Å². The first-order valence-electron chi connectivity index (χ1n) is 9.11. The lowest BCUT2D eigenvalue weighted by Crippen LogP contribution is -2.32. The van der Waals surface area contributed by atoms with Crippen molar-refractivity contribution in [3.8, 4) is 11.5 Å². The molecule has 4 rings (SSSR count). The number of carbonyl (C=O) groups excluding carboxylic acids is 1. The van der Waals surface area contributed by atoms with E-state index in [4.69, 9.17) is 4.42 Å². The molecule has 8 nitrogen and oxygen atoms in total. The molecular weight excluding hydrogens is 344 g/mol. The molecular formula is C19H22N6O2. The Bertz CT molecular complexity index is 962. The van der Waals surface area contributed by atoms with Crippen LogP contribution in [0.4, 0.5) is 6.01 Å². The predicted octanol–water partition coefficient (Wildman–Crippen LogP) is 1.86. The van der Waals surface area contributed by atoms with Crippen LogP contribution in [0.15, 0.2) is 28.7 Å². The fourth-order valence-corrected chi connectivity index (χ4v) is 3.29. The van der Waals surface area contributed by atoms with Crippen LogP contribution in [0.3, 0.4) is 0 Å². The van der Waals surface area contributed by atoms with Crippen LogP contribution in [0.2, 0.25) is 0 Å². The summed E-state index contributed by atoms with van der Waals surface area (Å²) in [4.78, 5) is 14.3. The van der Waals surface area contributed by atoms with Crippen molar-refractivity contribution in [3.05, 3.63) is 30.0 Å². The van der Waals surface area contributed by atoms with E-state index in [2.05, 4.69) is 25.7 Å². The van der Waals surface area contributed by atoms with Gasteiger partial charge in [-0.2, -0.15) is 10.2 Å². The number of nitrogens with one attached hydrogen (secondary N) is 1. The average molecular weight is 366 g/mol. The minimum Gasteiger partial charge on any atom is -0.403 e. The van der Waals surface area contributed by atoms with Gasteiger partial charge in [-0.15, -0.1) is 5.10 Å². The van der Waals surface area contributed by atoms with E-state index in [1.54, 1.807) is 4.90 Å². The van der Waals surface area contributed by atoms with Crippen molar-refractivity contribution in [1.82, 2.24) is 25.7 Å². The zero-order valence-corrected chi connectivity index (χ0v) is 15.5. The van der Waals surface area contributed by atoms with Gasteiger partial charge in [0, 0.05) is 31.0 Å². The van der Waals surface area contributed by atoms with E-state index in [1.165, 1.54) is 0 Å². The van der Waals surface area contributed by atoms with Gasteiger partial charge in [0.05, 0.1) is 17.6 Å². The zero-order chi connectivity index (χ0) is 18.8. The molecule has 0 amide bonds. The quantitative estimate of drug-likeness (QED) is 0.731. The maximum absolute atomic E-state index is 12.5. The number of nitrogens with zero attached hydrogens (tertiary/aromatic N) is 5. The Balaban J connectivity index is 1.57. The van der Waals surface area contributed by atoms with E-state index < -0.39 is 0 Å². The number of ketones is 1. The molecule has 8 heteroatoms. The smallest absolute Gasteiger partial charge is 0.317 e. The molecule has 27 heavy (non-hydrogen) atoms. The predicted molar refractivity (Wildman–Crippen MR) is 101 cm³/mol. The molecule has 2 aromatic heterocycles. The number of Topliss-reactive ketones (excluding diaryl/α,β-unsaturated/α-hetero) is 1. The van der Waals surface area contributed by atoms with Crippen LogP contribution in [0.1, 0.15) is 18.5 Å². The highest BCUT2D eigenvalue weighted by Gasteiger charge is 2.21. The van der Waals surface area contributed by atoms with E-state index >= 15 is 0 Å². The Kier molecular flexibility index (Phi) is 4.81. The van der Waals surface area contributed by atoms with Gasteiger partial charge in [0.25, 0.3) is 0 Å². The molecule has 1 N–H and O–H groups in total. The summed E-state index contributed by atoms with van der Waals surface area (Å²) in [6.45, 7) is 1.81. The van der Waals surface area contributed by atoms with Gasteiger partial charge in [-0.3, -0.25) is 4.79 Å². The fraction of sp³-hybridized carbons (Fsp3) is 0.421. The number of hydrogen-bond donors (Lipinski definition) is 1. The highest BCUT2D eigenvalue weighted by molar-refractivity contribution is 5.86. The Morgan fingerprint density at radius 3 is 2.70 bits per heavy atom. The van der Waals surface area contributed by atoms with Crippen molar-refractivity contribution in [2.45, 2.75) is 19.3 Å². The molecule has 1 saturated heterocycles. The van der Waals surface area contributed by atoms with Gasteiger partial charge in [-0.1, -0.05) is 5.10 Å². The summed E-state index contributed by atoms with van der Waals surface area (Å²) in [6, 6.07) is 8.06. The molecule has 140 valence electrons. The lowest BCUT2D eigenvalue weighted by atomic mass is 9.91. The first kappa shape index (κ1) is 17.5. The van der Waals surface area contributed by atoms with Gasteiger partial charge in [-0.05, 0) is 50.2 Å². The van der Waals surface area contributed by atoms with Crippen LogP contribution in [0.5, 0.6) is 0 Å². The number of rotatable bonds is 5. The standard InChI is InChI=1S/C19H22N6O2/c1-25(2)19-24-23-18(27-19)13-3-4-16-14(9-13)10-15(21-22-16)11-17(26)12-5-7-20-8-6-12/h3-4,9-10,12,20H,5-8,11H2,1-2H3. The Hall–Kier alpha value is -2.87. The SMILES string of the molecule is CN(C)c1nnc(-c2ccc3nnc(CC(=O)C4CCNCC4)cc3c2)o1. The summed E-state index contributed by atoms with van der Waals surface area (Å²) in [5.41, 5.74) is 2.28. The summed E-state index contributed by atoms with van der Waals surface area (Å²) in [7, 11) is 3.69. The zero-order valence-electron chi connectivity index (χ0n) is 15.5. The van der Waals surface area contributed by atoms with Gasteiger partial charge < -0.3 is 14.6 Å².